The summed E-state index contributed by atoms with van der Waals surface area (Å²) in [7, 11) is 2.23. The van der Waals surface area contributed by atoms with Gasteiger partial charge in [-0.05, 0) is 31.3 Å². The van der Waals surface area contributed by atoms with Crippen LogP contribution in [-0.2, 0) is 0 Å². The molecule has 0 rings (SSSR count). The first-order valence-electron chi connectivity index (χ1n) is 6.83. The van der Waals surface area contributed by atoms with Crippen LogP contribution in [0.5, 0.6) is 0 Å². The van der Waals surface area contributed by atoms with Crippen LogP contribution in [0.15, 0.2) is 0 Å². The van der Waals surface area contributed by atoms with Crippen molar-refractivity contribution in [1.29, 1.82) is 0 Å². The van der Waals surface area contributed by atoms with Crippen molar-refractivity contribution in [3.8, 4) is 0 Å². The SMILES string of the molecule is CCCCC(CC)CN(C)CC(C)(C)CN. The Labute approximate surface area is 103 Å². The quantitative estimate of drug-likeness (QED) is 0.657. The van der Waals surface area contributed by atoms with Crippen LogP contribution >= 0.6 is 0 Å². The normalized spacial score (nSPS) is 14.4. The van der Waals surface area contributed by atoms with Gasteiger partial charge in [0, 0.05) is 13.1 Å². The molecular weight excluding hydrogens is 196 g/mol. The van der Waals surface area contributed by atoms with Crippen molar-refractivity contribution in [3.05, 3.63) is 0 Å². The van der Waals surface area contributed by atoms with Gasteiger partial charge in [0.2, 0.25) is 0 Å². The predicted molar refractivity (Wildman–Crippen MR) is 73.6 cm³/mol. The third kappa shape index (κ3) is 7.24. The zero-order valence-corrected chi connectivity index (χ0v) is 12.1. The van der Waals surface area contributed by atoms with E-state index in [9.17, 15) is 0 Å². The molecule has 1 atom stereocenters. The van der Waals surface area contributed by atoms with Crippen LogP contribution in [-0.4, -0.2) is 31.6 Å². The summed E-state index contributed by atoms with van der Waals surface area (Å²) in [4.78, 5) is 2.46. The highest BCUT2D eigenvalue weighted by atomic mass is 15.1. The maximum Gasteiger partial charge on any atom is 0.00418 e. The van der Waals surface area contributed by atoms with Gasteiger partial charge in [-0.1, -0.05) is 47.0 Å². The van der Waals surface area contributed by atoms with Gasteiger partial charge in [-0.3, -0.25) is 0 Å². The van der Waals surface area contributed by atoms with E-state index in [1.165, 1.54) is 32.2 Å². The molecule has 0 radical (unpaired) electrons. The Balaban J connectivity index is 3.95. The molecule has 0 aliphatic carbocycles. The van der Waals surface area contributed by atoms with E-state index in [0.717, 1.165) is 19.0 Å². The largest absolute Gasteiger partial charge is 0.330 e. The minimum Gasteiger partial charge on any atom is -0.330 e. The van der Waals surface area contributed by atoms with E-state index in [-0.39, 0.29) is 5.41 Å². The van der Waals surface area contributed by atoms with E-state index in [2.05, 4.69) is 39.6 Å². The van der Waals surface area contributed by atoms with Gasteiger partial charge in [0.1, 0.15) is 0 Å². The first-order valence-corrected chi connectivity index (χ1v) is 6.83. The standard InChI is InChI=1S/C14H32N2/c1-6-8-9-13(7-2)10-16(5)12-14(3,4)11-15/h13H,6-12,15H2,1-5H3. The second-order valence-electron chi connectivity index (χ2n) is 5.98. The second-order valence-corrected chi connectivity index (χ2v) is 5.98. The first-order chi connectivity index (χ1) is 7.45. The summed E-state index contributed by atoms with van der Waals surface area (Å²) >= 11 is 0. The minimum atomic E-state index is 0.248. The monoisotopic (exact) mass is 228 g/mol. The molecule has 2 N–H and O–H groups in total. The number of hydrogen-bond donors (Lipinski definition) is 1. The van der Waals surface area contributed by atoms with E-state index in [1.807, 2.05) is 0 Å². The number of unbranched alkanes of at least 4 members (excludes halogenated alkanes) is 1. The lowest BCUT2D eigenvalue weighted by Gasteiger charge is -2.31. The van der Waals surface area contributed by atoms with Gasteiger partial charge in [-0.2, -0.15) is 0 Å². The van der Waals surface area contributed by atoms with Crippen LogP contribution in [0.25, 0.3) is 0 Å². The molecule has 0 amide bonds. The van der Waals surface area contributed by atoms with Crippen LogP contribution < -0.4 is 5.73 Å². The second kappa shape index (κ2) is 8.08. The number of nitrogens with two attached hydrogens (primary N) is 1. The van der Waals surface area contributed by atoms with E-state index < -0.39 is 0 Å². The Morgan fingerprint density at radius 2 is 1.88 bits per heavy atom. The fourth-order valence-electron chi connectivity index (χ4n) is 2.22. The fourth-order valence-corrected chi connectivity index (χ4v) is 2.22. The van der Waals surface area contributed by atoms with Crippen LogP contribution in [0.2, 0.25) is 0 Å². The smallest absolute Gasteiger partial charge is 0.00418 e. The molecule has 0 aromatic carbocycles. The number of rotatable bonds is 9. The lowest BCUT2D eigenvalue weighted by Crippen LogP contribution is -2.38. The van der Waals surface area contributed by atoms with Gasteiger partial charge in [-0.15, -0.1) is 0 Å². The molecule has 0 fully saturated rings. The highest BCUT2D eigenvalue weighted by Gasteiger charge is 2.19. The summed E-state index contributed by atoms with van der Waals surface area (Å²) in [6.07, 6.45) is 5.36. The van der Waals surface area contributed by atoms with Gasteiger partial charge < -0.3 is 10.6 Å². The molecule has 0 saturated heterocycles. The van der Waals surface area contributed by atoms with E-state index in [1.54, 1.807) is 0 Å². The zero-order chi connectivity index (χ0) is 12.6. The summed E-state index contributed by atoms with van der Waals surface area (Å²) < 4.78 is 0. The average molecular weight is 228 g/mol. The lowest BCUT2D eigenvalue weighted by atomic mass is 9.92. The third-order valence-corrected chi connectivity index (χ3v) is 3.36. The molecule has 16 heavy (non-hydrogen) atoms. The third-order valence-electron chi connectivity index (χ3n) is 3.36. The average Bonchev–Trinajstić information content (AvgIpc) is 2.23. The maximum atomic E-state index is 5.77. The Morgan fingerprint density at radius 1 is 1.25 bits per heavy atom. The van der Waals surface area contributed by atoms with Gasteiger partial charge in [0.05, 0.1) is 0 Å². The van der Waals surface area contributed by atoms with Crippen LogP contribution in [0.4, 0.5) is 0 Å². The summed E-state index contributed by atoms with van der Waals surface area (Å²) in [5.41, 5.74) is 6.02. The molecule has 0 heterocycles. The van der Waals surface area contributed by atoms with Crippen molar-refractivity contribution in [2.24, 2.45) is 17.1 Å². The molecule has 0 aliphatic rings. The van der Waals surface area contributed by atoms with E-state index >= 15 is 0 Å². The molecule has 0 aliphatic heterocycles. The summed E-state index contributed by atoms with van der Waals surface area (Å²) in [5, 5.41) is 0. The molecule has 0 aromatic rings. The molecule has 98 valence electrons. The van der Waals surface area contributed by atoms with Crippen LogP contribution in [0.1, 0.15) is 53.4 Å². The number of hydrogen-bond acceptors (Lipinski definition) is 2. The zero-order valence-electron chi connectivity index (χ0n) is 12.1. The Morgan fingerprint density at radius 3 is 2.31 bits per heavy atom. The van der Waals surface area contributed by atoms with Crippen molar-refractivity contribution in [2.45, 2.75) is 53.4 Å². The molecule has 0 bridgehead atoms. The van der Waals surface area contributed by atoms with Crippen molar-refractivity contribution in [1.82, 2.24) is 4.90 Å². The molecule has 0 spiro atoms. The van der Waals surface area contributed by atoms with Crippen molar-refractivity contribution in [3.63, 3.8) is 0 Å². The van der Waals surface area contributed by atoms with Crippen molar-refractivity contribution >= 4 is 0 Å². The molecule has 2 heteroatoms. The molecular formula is C14H32N2. The van der Waals surface area contributed by atoms with E-state index in [4.69, 9.17) is 5.73 Å². The topological polar surface area (TPSA) is 29.3 Å². The van der Waals surface area contributed by atoms with Crippen LogP contribution in [0.3, 0.4) is 0 Å². The molecule has 2 nitrogen and oxygen atoms in total. The maximum absolute atomic E-state index is 5.77. The van der Waals surface area contributed by atoms with Crippen molar-refractivity contribution in [2.75, 3.05) is 26.7 Å². The highest BCUT2D eigenvalue weighted by Crippen LogP contribution is 2.18. The predicted octanol–water partition coefficient (Wildman–Crippen LogP) is 3.12. The highest BCUT2D eigenvalue weighted by molar-refractivity contribution is 4.74. The first kappa shape index (κ1) is 15.9. The Kier molecular flexibility index (Phi) is 8.04. The summed E-state index contributed by atoms with van der Waals surface area (Å²) in [5.74, 6) is 0.860. The Hall–Kier alpha value is -0.0800. The summed E-state index contributed by atoms with van der Waals surface area (Å²) in [6, 6.07) is 0. The molecule has 1 unspecified atom stereocenters. The van der Waals surface area contributed by atoms with Gasteiger partial charge in [0.15, 0.2) is 0 Å². The summed E-state index contributed by atoms with van der Waals surface area (Å²) in [6.45, 7) is 12.2. The van der Waals surface area contributed by atoms with Crippen molar-refractivity contribution < 1.29 is 0 Å². The minimum absolute atomic E-state index is 0.248. The van der Waals surface area contributed by atoms with E-state index in [0.29, 0.717) is 0 Å². The fraction of sp³-hybridized carbons (Fsp3) is 1.00. The lowest BCUT2D eigenvalue weighted by molar-refractivity contribution is 0.184. The Bertz CT molecular complexity index is 166. The van der Waals surface area contributed by atoms with Gasteiger partial charge in [-0.25, -0.2) is 0 Å². The van der Waals surface area contributed by atoms with Gasteiger partial charge >= 0.3 is 0 Å². The van der Waals surface area contributed by atoms with Gasteiger partial charge in [0.25, 0.3) is 0 Å². The number of nitrogens with zero attached hydrogens (tertiary/aromatic N) is 1. The molecule has 0 saturated carbocycles. The molecule has 0 aromatic heterocycles. The van der Waals surface area contributed by atoms with Crippen LogP contribution in [0, 0.1) is 11.3 Å².